The van der Waals surface area contributed by atoms with Crippen molar-refractivity contribution in [2.24, 2.45) is 5.92 Å². The first-order chi connectivity index (χ1) is 14.9. The van der Waals surface area contributed by atoms with Gasteiger partial charge in [0.2, 0.25) is 5.91 Å². The van der Waals surface area contributed by atoms with Crippen LogP contribution in [0.5, 0.6) is 5.75 Å². The van der Waals surface area contributed by atoms with Crippen LogP contribution in [0.2, 0.25) is 0 Å². The predicted octanol–water partition coefficient (Wildman–Crippen LogP) is 3.63. The molecule has 0 spiro atoms. The van der Waals surface area contributed by atoms with E-state index in [2.05, 4.69) is 15.2 Å². The number of piperidine rings is 1. The van der Waals surface area contributed by atoms with Gasteiger partial charge in [0.15, 0.2) is 10.3 Å². The second kappa shape index (κ2) is 8.80. The Hall–Kier alpha value is -2.72. The molecule has 10 heteroatoms. The maximum absolute atomic E-state index is 12.8. The van der Waals surface area contributed by atoms with E-state index in [-0.39, 0.29) is 17.7 Å². The first kappa shape index (κ1) is 21.5. The maximum atomic E-state index is 12.8. The molecule has 1 aliphatic heterocycles. The van der Waals surface area contributed by atoms with E-state index in [1.165, 1.54) is 16.2 Å². The van der Waals surface area contributed by atoms with Crippen molar-refractivity contribution in [3.63, 3.8) is 0 Å². The number of hydrogen-bond donors (Lipinski definition) is 1. The van der Waals surface area contributed by atoms with Gasteiger partial charge in [0.1, 0.15) is 10.6 Å². The number of methoxy groups -OCH3 is 1. The Labute approximate surface area is 188 Å². The van der Waals surface area contributed by atoms with Gasteiger partial charge in [-0.15, -0.1) is 0 Å². The number of benzene rings is 1. The normalized spacial score (nSPS) is 14.6. The number of aryl methyl sites for hydroxylation is 1. The average molecular weight is 460 g/mol. The lowest BCUT2D eigenvalue weighted by Crippen LogP contribution is -2.38. The fraction of sp³-hybridized carbons (Fsp3) is 0.429. The van der Waals surface area contributed by atoms with Crippen LogP contribution in [0.25, 0.3) is 10.2 Å². The van der Waals surface area contributed by atoms with Crippen molar-refractivity contribution in [2.45, 2.75) is 19.8 Å². The first-order valence-electron chi connectivity index (χ1n) is 10.0. The van der Waals surface area contributed by atoms with Gasteiger partial charge < -0.3 is 19.9 Å². The molecule has 0 unspecified atom stereocenters. The van der Waals surface area contributed by atoms with E-state index in [4.69, 9.17) is 9.72 Å². The molecule has 2 amide bonds. The number of anilines is 2. The molecule has 164 valence electrons. The van der Waals surface area contributed by atoms with Crippen LogP contribution in [-0.2, 0) is 4.79 Å². The van der Waals surface area contributed by atoms with Crippen LogP contribution in [0, 0.1) is 12.8 Å². The number of fused-ring (bicyclic) bond motifs is 1. The van der Waals surface area contributed by atoms with E-state index in [1.54, 1.807) is 39.5 Å². The highest BCUT2D eigenvalue weighted by atomic mass is 32.1. The quantitative estimate of drug-likeness (QED) is 0.627. The summed E-state index contributed by atoms with van der Waals surface area (Å²) < 4.78 is 6.39. The summed E-state index contributed by atoms with van der Waals surface area (Å²) in [6, 6.07) is 5.89. The number of nitrogens with one attached hydrogen (secondary N) is 1. The Bertz CT molecular complexity index is 1120. The van der Waals surface area contributed by atoms with E-state index < -0.39 is 0 Å². The van der Waals surface area contributed by atoms with E-state index >= 15 is 0 Å². The summed E-state index contributed by atoms with van der Waals surface area (Å²) in [5.74, 6) is 0.609. The van der Waals surface area contributed by atoms with Crippen molar-refractivity contribution in [3.05, 3.63) is 28.8 Å². The van der Waals surface area contributed by atoms with Crippen LogP contribution in [0.15, 0.2) is 18.2 Å². The van der Waals surface area contributed by atoms with E-state index in [1.807, 2.05) is 18.2 Å². The van der Waals surface area contributed by atoms with Crippen molar-refractivity contribution < 1.29 is 14.3 Å². The zero-order chi connectivity index (χ0) is 22.1. The molecule has 3 aromatic rings. The maximum Gasteiger partial charge on any atom is 0.265 e. The number of carbonyl (C=O) groups excluding carboxylic acids is 2. The smallest absolute Gasteiger partial charge is 0.265 e. The number of amides is 2. The van der Waals surface area contributed by atoms with Crippen LogP contribution in [0.3, 0.4) is 0 Å². The van der Waals surface area contributed by atoms with Crippen LogP contribution in [-0.4, -0.2) is 61.0 Å². The van der Waals surface area contributed by atoms with Crippen LogP contribution in [0.4, 0.5) is 10.3 Å². The van der Waals surface area contributed by atoms with Gasteiger partial charge >= 0.3 is 0 Å². The molecule has 1 saturated heterocycles. The number of thiazole rings is 2. The average Bonchev–Trinajstić information content (AvgIpc) is 3.35. The minimum absolute atomic E-state index is 0.0358. The fourth-order valence-electron chi connectivity index (χ4n) is 3.55. The van der Waals surface area contributed by atoms with Gasteiger partial charge in [-0.3, -0.25) is 9.59 Å². The van der Waals surface area contributed by atoms with Crippen LogP contribution >= 0.6 is 22.7 Å². The summed E-state index contributed by atoms with van der Waals surface area (Å²) in [6.07, 6.45) is 1.50. The van der Waals surface area contributed by atoms with E-state index in [0.717, 1.165) is 47.0 Å². The predicted molar refractivity (Wildman–Crippen MR) is 125 cm³/mol. The molecule has 0 atom stereocenters. The molecule has 1 aliphatic rings. The molecule has 1 N–H and O–H groups in total. The topological polar surface area (TPSA) is 87.7 Å². The van der Waals surface area contributed by atoms with E-state index in [9.17, 15) is 9.59 Å². The lowest BCUT2D eigenvalue weighted by molar-refractivity contribution is -0.120. The highest BCUT2D eigenvalue weighted by molar-refractivity contribution is 7.22. The number of nitrogens with zero attached hydrogens (tertiary/aromatic N) is 4. The van der Waals surface area contributed by atoms with Crippen LogP contribution in [0.1, 0.15) is 28.2 Å². The fourth-order valence-corrected chi connectivity index (χ4v) is 5.58. The number of hydrogen-bond acceptors (Lipinski definition) is 8. The molecule has 3 heterocycles. The summed E-state index contributed by atoms with van der Waals surface area (Å²) in [7, 11) is 5.07. The summed E-state index contributed by atoms with van der Waals surface area (Å²) in [5.41, 5.74) is 1.60. The number of aromatic nitrogens is 2. The number of carbonyl (C=O) groups is 2. The molecule has 2 aromatic heterocycles. The molecule has 0 saturated carbocycles. The monoisotopic (exact) mass is 459 g/mol. The van der Waals surface area contributed by atoms with Gasteiger partial charge in [-0.25, -0.2) is 9.97 Å². The van der Waals surface area contributed by atoms with Crippen LogP contribution < -0.4 is 15.0 Å². The molecular formula is C21H25N5O3S2. The third-order valence-electron chi connectivity index (χ3n) is 5.35. The first-order valence-corrected chi connectivity index (χ1v) is 11.7. The zero-order valence-electron chi connectivity index (χ0n) is 18.0. The van der Waals surface area contributed by atoms with Gasteiger partial charge in [0.25, 0.3) is 5.91 Å². The molecule has 0 radical (unpaired) electrons. The third kappa shape index (κ3) is 4.49. The molecular weight excluding hydrogens is 434 g/mol. The molecule has 0 aliphatic carbocycles. The Kier molecular flexibility index (Phi) is 6.10. The second-order valence-electron chi connectivity index (χ2n) is 7.71. The minimum Gasteiger partial charge on any atom is -0.497 e. The van der Waals surface area contributed by atoms with Gasteiger partial charge in [-0.05, 0) is 38.0 Å². The van der Waals surface area contributed by atoms with Gasteiger partial charge in [-0.2, -0.15) is 0 Å². The minimum atomic E-state index is -0.0998. The van der Waals surface area contributed by atoms with Crippen molar-refractivity contribution in [1.82, 2.24) is 14.9 Å². The lowest BCUT2D eigenvalue weighted by atomic mass is 9.96. The van der Waals surface area contributed by atoms with Crippen molar-refractivity contribution in [3.8, 4) is 5.75 Å². The van der Waals surface area contributed by atoms with Gasteiger partial charge in [0.05, 0.1) is 23.0 Å². The molecule has 8 nitrogen and oxygen atoms in total. The van der Waals surface area contributed by atoms with Gasteiger partial charge in [-0.1, -0.05) is 22.7 Å². The van der Waals surface area contributed by atoms with Crippen molar-refractivity contribution >= 4 is 55.0 Å². The van der Waals surface area contributed by atoms with Crippen molar-refractivity contribution in [2.75, 3.05) is 44.5 Å². The highest BCUT2D eigenvalue weighted by Crippen LogP contribution is 2.34. The molecule has 31 heavy (non-hydrogen) atoms. The molecule has 0 bridgehead atoms. The summed E-state index contributed by atoms with van der Waals surface area (Å²) in [6.45, 7) is 3.33. The zero-order valence-corrected chi connectivity index (χ0v) is 19.6. The standard InChI is InChI=1S/C21H25N5O3S2/c1-12-17(19(28)25(2)3)31-20(22-12)24-18(27)13-7-9-26(10-8-13)21-23-15-6-5-14(29-4)11-16(15)30-21/h5-6,11,13H,7-10H2,1-4H3,(H,22,24,27). The number of ether oxygens (including phenoxy) is 1. The summed E-state index contributed by atoms with van der Waals surface area (Å²) in [5, 5.41) is 4.37. The molecule has 1 aromatic carbocycles. The Balaban J connectivity index is 1.37. The summed E-state index contributed by atoms with van der Waals surface area (Å²) >= 11 is 2.87. The Morgan fingerprint density at radius 2 is 1.94 bits per heavy atom. The van der Waals surface area contributed by atoms with Crippen molar-refractivity contribution in [1.29, 1.82) is 0 Å². The SMILES string of the molecule is COc1ccc2nc(N3CCC(C(=O)Nc4nc(C)c(C(=O)N(C)C)s4)CC3)sc2c1. The second-order valence-corrected chi connectivity index (χ2v) is 9.72. The summed E-state index contributed by atoms with van der Waals surface area (Å²) in [4.78, 5) is 38.4. The van der Waals surface area contributed by atoms with Gasteiger partial charge in [0, 0.05) is 33.1 Å². The molecule has 4 rings (SSSR count). The molecule has 1 fully saturated rings. The van der Waals surface area contributed by atoms with E-state index in [0.29, 0.717) is 15.7 Å². The largest absolute Gasteiger partial charge is 0.497 e. The highest BCUT2D eigenvalue weighted by Gasteiger charge is 2.28. The number of rotatable bonds is 5. The Morgan fingerprint density at radius 1 is 1.19 bits per heavy atom. The Morgan fingerprint density at radius 3 is 2.61 bits per heavy atom. The lowest BCUT2D eigenvalue weighted by Gasteiger charge is -2.30. The third-order valence-corrected chi connectivity index (χ3v) is 7.49.